The highest BCUT2D eigenvalue weighted by atomic mass is 35.5. The van der Waals surface area contributed by atoms with Gasteiger partial charge in [0.25, 0.3) is 16.9 Å². The summed E-state index contributed by atoms with van der Waals surface area (Å²) in [6.07, 6.45) is 0. The molecular weight excluding hydrogens is 292 g/mol. The van der Waals surface area contributed by atoms with Gasteiger partial charge in [-0.25, -0.2) is 5.10 Å². The second-order valence-corrected chi connectivity index (χ2v) is 4.03. The molecule has 0 spiro atoms. The van der Waals surface area contributed by atoms with E-state index in [0.29, 0.717) is 0 Å². The minimum absolute atomic E-state index is 0.101. The average molecular weight is 297 g/mol. The van der Waals surface area contributed by atoms with Gasteiger partial charge in [0.05, 0.1) is 15.5 Å². The lowest BCUT2D eigenvalue weighted by atomic mass is 10.1. The molecule has 1 aromatic heterocycles. The molecule has 102 valence electrons. The molecule has 9 nitrogen and oxygen atoms in total. The molecule has 0 radical (unpaired) electrons. The smallest absolute Gasteiger partial charge is 0.268 e. The van der Waals surface area contributed by atoms with Crippen LogP contribution in [0.15, 0.2) is 29.1 Å². The maximum atomic E-state index is 10.9. The summed E-state index contributed by atoms with van der Waals surface area (Å²) in [6, 6.07) is 4.54. The van der Waals surface area contributed by atoms with Crippen molar-refractivity contribution in [3.63, 3.8) is 0 Å². The summed E-state index contributed by atoms with van der Waals surface area (Å²) in [7, 11) is 0. The number of nitro groups is 2. The van der Waals surface area contributed by atoms with E-state index < -0.39 is 31.8 Å². The number of aromatic amines is 1. The van der Waals surface area contributed by atoms with Gasteiger partial charge in [-0.15, -0.1) is 0 Å². The van der Waals surface area contributed by atoms with Gasteiger partial charge in [0, 0.05) is 23.8 Å². The normalized spacial score (nSPS) is 10.2. The number of aromatic nitrogens is 2. The Morgan fingerprint density at radius 2 is 1.65 bits per heavy atom. The molecule has 0 amide bonds. The van der Waals surface area contributed by atoms with Crippen molar-refractivity contribution in [2.24, 2.45) is 0 Å². The lowest BCUT2D eigenvalue weighted by molar-refractivity contribution is -0.393. The van der Waals surface area contributed by atoms with Crippen molar-refractivity contribution in [1.29, 1.82) is 0 Å². The van der Waals surface area contributed by atoms with Crippen LogP contribution in [-0.2, 0) is 0 Å². The van der Waals surface area contributed by atoms with Crippen molar-refractivity contribution in [3.8, 4) is 11.3 Å². The van der Waals surface area contributed by atoms with Crippen LogP contribution in [0.5, 0.6) is 0 Å². The summed E-state index contributed by atoms with van der Waals surface area (Å²) in [4.78, 5) is 31.0. The highest BCUT2D eigenvalue weighted by molar-refractivity contribution is 6.34. The Hall–Kier alpha value is -2.81. The Kier molecular flexibility index (Phi) is 3.44. The Labute approximate surface area is 115 Å². The molecule has 0 aliphatic heterocycles. The number of benzene rings is 1. The van der Waals surface area contributed by atoms with Crippen LogP contribution >= 0.6 is 11.6 Å². The van der Waals surface area contributed by atoms with Gasteiger partial charge in [-0.05, 0) is 6.07 Å². The summed E-state index contributed by atoms with van der Waals surface area (Å²) in [5, 5.41) is 26.9. The Bertz CT molecular complexity index is 717. The van der Waals surface area contributed by atoms with Crippen LogP contribution in [-0.4, -0.2) is 20.0 Å². The van der Waals surface area contributed by atoms with Crippen LogP contribution in [0.4, 0.5) is 11.4 Å². The first kappa shape index (κ1) is 13.6. The van der Waals surface area contributed by atoms with Gasteiger partial charge in [-0.1, -0.05) is 11.6 Å². The largest absolute Gasteiger partial charge is 0.295 e. The number of hydrogen-bond acceptors (Lipinski definition) is 6. The second kappa shape index (κ2) is 5.05. The van der Waals surface area contributed by atoms with Crippen molar-refractivity contribution in [3.05, 3.63) is 59.9 Å². The van der Waals surface area contributed by atoms with E-state index in [-0.39, 0.29) is 11.3 Å². The Morgan fingerprint density at radius 3 is 2.05 bits per heavy atom. The molecule has 20 heavy (non-hydrogen) atoms. The average Bonchev–Trinajstić information content (AvgIpc) is 2.39. The monoisotopic (exact) mass is 296 g/mol. The first-order valence-corrected chi connectivity index (χ1v) is 5.46. The highest BCUT2D eigenvalue weighted by Crippen LogP contribution is 2.37. The molecule has 1 N–H and O–H groups in total. The Balaban J connectivity index is 2.71. The molecule has 0 saturated heterocycles. The van der Waals surface area contributed by atoms with E-state index in [4.69, 9.17) is 11.6 Å². The van der Waals surface area contributed by atoms with Gasteiger partial charge in [0.2, 0.25) is 0 Å². The molecule has 0 atom stereocenters. The molecule has 0 bridgehead atoms. The molecule has 0 saturated carbocycles. The summed E-state index contributed by atoms with van der Waals surface area (Å²) >= 11 is 5.62. The number of nitrogens with zero attached hydrogens (tertiary/aromatic N) is 3. The van der Waals surface area contributed by atoms with Gasteiger partial charge < -0.3 is 0 Å². The third-order valence-electron chi connectivity index (χ3n) is 2.40. The molecule has 1 heterocycles. The molecule has 1 aromatic carbocycles. The van der Waals surface area contributed by atoms with E-state index in [1.165, 1.54) is 6.07 Å². The summed E-state index contributed by atoms with van der Waals surface area (Å²) < 4.78 is 0. The van der Waals surface area contributed by atoms with Crippen LogP contribution in [0.3, 0.4) is 0 Å². The van der Waals surface area contributed by atoms with E-state index in [1.807, 2.05) is 0 Å². The minimum Gasteiger partial charge on any atom is -0.268 e. The lowest BCUT2D eigenvalue weighted by Gasteiger charge is -2.02. The zero-order valence-corrected chi connectivity index (χ0v) is 10.3. The number of nitro benzene ring substituents is 2. The van der Waals surface area contributed by atoms with Gasteiger partial charge in [-0.3, -0.25) is 25.0 Å². The number of hydrogen-bond donors (Lipinski definition) is 1. The molecular formula is C10H5ClN4O5. The van der Waals surface area contributed by atoms with E-state index in [1.54, 1.807) is 0 Å². The zero-order chi connectivity index (χ0) is 14.9. The topological polar surface area (TPSA) is 132 Å². The predicted octanol–water partition coefficient (Wildman–Crippen LogP) is 1.91. The van der Waals surface area contributed by atoms with Crippen LogP contribution in [0.25, 0.3) is 11.3 Å². The second-order valence-electron chi connectivity index (χ2n) is 3.65. The molecule has 2 aromatic rings. The van der Waals surface area contributed by atoms with Crippen LogP contribution < -0.4 is 5.56 Å². The standard InChI is InChI=1S/C10H5ClN4O5/c11-10-7(14(17)18)3-5(4-8(10)15(19)20)6-1-2-9(16)13-12-6/h1-4H,(H,13,16). The van der Waals surface area contributed by atoms with Gasteiger partial charge in [0.15, 0.2) is 5.02 Å². The van der Waals surface area contributed by atoms with E-state index in [9.17, 15) is 25.0 Å². The number of nitrogens with one attached hydrogen (secondary N) is 1. The summed E-state index contributed by atoms with van der Waals surface area (Å²) in [6.45, 7) is 0. The van der Waals surface area contributed by atoms with Gasteiger partial charge in [-0.2, -0.15) is 5.10 Å². The third-order valence-corrected chi connectivity index (χ3v) is 2.79. The quantitative estimate of drug-likeness (QED) is 0.679. The van der Waals surface area contributed by atoms with Crippen LogP contribution in [0, 0.1) is 20.2 Å². The van der Waals surface area contributed by atoms with Crippen molar-refractivity contribution < 1.29 is 9.85 Å². The summed E-state index contributed by atoms with van der Waals surface area (Å²) in [5.74, 6) is 0. The molecule has 0 aliphatic carbocycles. The molecule has 0 aliphatic rings. The van der Waals surface area contributed by atoms with Crippen molar-refractivity contribution in [2.45, 2.75) is 0 Å². The molecule has 2 rings (SSSR count). The summed E-state index contributed by atoms with van der Waals surface area (Å²) in [5.41, 5.74) is -1.43. The SMILES string of the molecule is O=c1ccc(-c2cc([N+](=O)[O-])c(Cl)c([N+](=O)[O-])c2)n[nH]1. The fourth-order valence-electron chi connectivity index (χ4n) is 1.51. The fourth-order valence-corrected chi connectivity index (χ4v) is 1.76. The Morgan fingerprint density at radius 1 is 1.10 bits per heavy atom. The van der Waals surface area contributed by atoms with Crippen molar-refractivity contribution in [2.75, 3.05) is 0 Å². The van der Waals surface area contributed by atoms with E-state index >= 15 is 0 Å². The maximum absolute atomic E-state index is 10.9. The van der Waals surface area contributed by atoms with E-state index in [0.717, 1.165) is 18.2 Å². The maximum Gasteiger partial charge on any atom is 0.295 e. The number of rotatable bonds is 3. The third kappa shape index (κ3) is 2.47. The predicted molar refractivity (Wildman–Crippen MR) is 68.6 cm³/mol. The van der Waals surface area contributed by atoms with Crippen molar-refractivity contribution >= 4 is 23.0 Å². The van der Waals surface area contributed by atoms with E-state index in [2.05, 4.69) is 10.2 Å². The first-order valence-electron chi connectivity index (χ1n) is 5.08. The molecule has 0 fully saturated rings. The van der Waals surface area contributed by atoms with Crippen molar-refractivity contribution in [1.82, 2.24) is 10.2 Å². The zero-order valence-electron chi connectivity index (χ0n) is 9.57. The van der Waals surface area contributed by atoms with Crippen LogP contribution in [0.1, 0.15) is 0 Å². The van der Waals surface area contributed by atoms with Gasteiger partial charge in [0.1, 0.15) is 0 Å². The highest BCUT2D eigenvalue weighted by Gasteiger charge is 2.25. The first-order chi connectivity index (χ1) is 9.40. The fraction of sp³-hybridized carbons (Fsp3) is 0. The van der Waals surface area contributed by atoms with Gasteiger partial charge >= 0.3 is 0 Å². The molecule has 0 unspecified atom stereocenters. The number of halogens is 1. The number of H-pyrrole nitrogens is 1. The van der Waals surface area contributed by atoms with Crippen LogP contribution in [0.2, 0.25) is 5.02 Å². The lowest BCUT2D eigenvalue weighted by Crippen LogP contribution is -2.06. The molecule has 10 heteroatoms. The minimum atomic E-state index is -0.829.